The molecule has 0 amide bonds. The van der Waals surface area contributed by atoms with Crippen LogP contribution in [0.3, 0.4) is 0 Å². The maximum absolute atomic E-state index is 11.5. The van der Waals surface area contributed by atoms with Gasteiger partial charge in [-0.1, -0.05) is 0 Å². The minimum absolute atomic E-state index is 0.0958. The maximum Gasteiger partial charge on any atom is 0.223 e. The third-order valence-electron chi connectivity index (χ3n) is 3.08. The lowest BCUT2D eigenvalue weighted by Gasteiger charge is -2.15. The van der Waals surface area contributed by atoms with Crippen LogP contribution < -0.4 is 5.73 Å². The highest BCUT2D eigenvalue weighted by Crippen LogP contribution is 2.34. The summed E-state index contributed by atoms with van der Waals surface area (Å²) in [7, 11) is -2.96. The average molecular weight is 259 g/mol. The van der Waals surface area contributed by atoms with Gasteiger partial charge in [-0.2, -0.15) is 0 Å². The molecule has 7 heteroatoms. The quantitative estimate of drug-likeness (QED) is 0.819. The summed E-state index contributed by atoms with van der Waals surface area (Å²) in [6.07, 6.45) is 1.98. The molecule has 96 valence electrons. The predicted molar refractivity (Wildman–Crippen MR) is 62.3 cm³/mol. The van der Waals surface area contributed by atoms with Gasteiger partial charge >= 0.3 is 0 Å². The zero-order chi connectivity index (χ0) is 12.5. The van der Waals surface area contributed by atoms with Crippen molar-refractivity contribution in [2.75, 3.05) is 18.1 Å². The van der Waals surface area contributed by atoms with Crippen LogP contribution in [0, 0.1) is 0 Å². The summed E-state index contributed by atoms with van der Waals surface area (Å²) in [6.45, 7) is 2.43. The number of rotatable bonds is 4. The number of nitrogens with zero attached hydrogens (tertiary/aromatic N) is 2. The van der Waals surface area contributed by atoms with Crippen LogP contribution in [0.15, 0.2) is 4.42 Å². The fourth-order valence-electron chi connectivity index (χ4n) is 2.03. The Balaban J connectivity index is 2.15. The molecule has 2 heterocycles. The summed E-state index contributed by atoms with van der Waals surface area (Å²) in [4.78, 5) is 0. The van der Waals surface area contributed by atoms with Gasteiger partial charge in [0.25, 0.3) is 0 Å². The van der Waals surface area contributed by atoms with Crippen LogP contribution in [0.5, 0.6) is 0 Å². The molecule has 1 aromatic heterocycles. The normalized spacial score (nSPS) is 27.4. The molecule has 1 aliphatic heterocycles. The van der Waals surface area contributed by atoms with E-state index >= 15 is 0 Å². The molecule has 1 aromatic rings. The van der Waals surface area contributed by atoms with Crippen molar-refractivity contribution in [1.82, 2.24) is 10.2 Å². The van der Waals surface area contributed by atoms with E-state index in [1.54, 1.807) is 0 Å². The minimum atomic E-state index is -2.96. The topological polar surface area (TPSA) is 99.1 Å². The summed E-state index contributed by atoms with van der Waals surface area (Å²) in [6, 6.07) is 0. The Morgan fingerprint density at radius 2 is 2.24 bits per heavy atom. The van der Waals surface area contributed by atoms with Crippen molar-refractivity contribution in [2.24, 2.45) is 5.73 Å². The Morgan fingerprint density at radius 3 is 2.82 bits per heavy atom. The highest BCUT2D eigenvalue weighted by Gasteiger charge is 2.43. The first-order valence-electron chi connectivity index (χ1n) is 5.69. The van der Waals surface area contributed by atoms with Gasteiger partial charge in [0.05, 0.1) is 16.9 Å². The Labute approximate surface area is 101 Å². The summed E-state index contributed by atoms with van der Waals surface area (Å²) in [5.41, 5.74) is 4.88. The molecule has 17 heavy (non-hydrogen) atoms. The summed E-state index contributed by atoms with van der Waals surface area (Å²) in [5, 5.41) is 7.89. The minimum Gasteiger partial charge on any atom is -0.425 e. The van der Waals surface area contributed by atoms with Gasteiger partial charge in [0.2, 0.25) is 11.8 Å². The van der Waals surface area contributed by atoms with Crippen LogP contribution in [0.2, 0.25) is 0 Å². The highest BCUT2D eigenvalue weighted by molar-refractivity contribution is 7.91. The van der Waals surface area contributed by atoms with Crippen molar-refractivity contribution in [2.45, 2.75) is 31.6 Å². The molecule has 1 fully saturated rings. The molecule has 0 aliphatic carbocycles. The zero-order valence-electron chi connectivity index (χ0n) is 9.85. The van der Waals surface area contributed by atoms with Gasteiger partial charge in [0, 0.05) is 6.42 Å². The van der Waals surface area contributed by atoms with Gasteiger partial charge in [0.15, 0.2) is 9.84 Å². The summed E-state index contributed by atoms with van der Waals surface area (Å²) >= 11 is 0. The SMILES string of the molecule is CC1(c2nnc(CCCN)o2)CCS(=O)(=O)C1. The standard InChI is InChI=1S/C10H17N3O3S/c1-10(4-6-17(14,15)7-10)9-13-12-8(16-9)3-2-5-11/h2-7,11H2,1H3. The van der Waals surface area contributed by atoms with Crippen molar-refractivity contribution >= 4 is 9.84 Å². The predicted octanol–water partition coefficient (Wildman–Crippen LogP) is 0.0371. The van der Waals surface area contributed by atoms with E-state index in [9.17, 15) is 8.42 Å². The number of nitrogens with two attached hydrogens (primary N) is 1. The second kappa shape index (κ2) is 4.38. The highest BCUT2D eigenvalue weighted by atomic mass is 32.2. The molecular formula is C10H17N3O3S. The van der Waals surface area contributed by atoms with Gasteiger partial charge in [-0.05, 0) is 26.3 Å². The van der Waals surface area contributed by atoms with Gasteiger partial charge < -0.3 is 10.2 Å². The largest absolute Gasteiger partial charge is 0.425 e. The van der Waals surface area contributed by atoms with Crippen LogP contribution >= 0.6 is 0 Å². The van der Waals surface area contributed by atoms with Crippen molar-refractivity contribution in [3.63, 3.8) is 0 Å². The monoisotopic (exact) mass is 259 g/mol. The van der Waals surface area contributed by atoms with Crippen LogP contribution in [-0.4, -0.2) is 36.7 Å². The fourth-order valence-corrected chi connectivity index (χ4v) is 4.18. The third-order valence-corrected chi connectivity index (χ3v) is 4.98. The van der Waals surface area contributed by atoms with Crippen LogP contribution in [0.25, 0.3) is 0 Å². The molecule has 0 radical (unpaired) electrons. The number of aromatic nitrogens is 2. The summed E-state index contributed by atoms with van der Waals surface area (Å²) in [5.74, 6) is 1.27. The van der Waals surface area contributed by atoms with Gasteiger partial charge in [0.1, 0.15) is 0 Å². The lowest BCUT2D eigenvalue weighted by atomic mass is 9.90. The number of hydrogen-bond donors (Lipinski definition) is 1. The first kappa shape index (κ1) is 12.5. The third kappa shape index (κ3) is 2.66. The summed E-state index contributed by atoms with van der Waals surface area (Å²) < 4.78 is 28.5. The van der Waals surface area contributed by atoms with E-state index in [0.717, 1.165) is 6.42 Å². The molecule has 1 atom stereocenters. The molecule has 0 aromatic carbocycles. The maximum atomic E-state index is 11.5. The van der Waals surface area contributed by atoms with E-state index in [-0.39, 0.29) is 11.5 Å². The van der Waals surface area contributed by atoms with Crippen LogP contribution in [0.1, 0.15) is 31.5 Å². The van der Waals surface area contributed by atoms with Crippen LogP contribution in [0.4, 0.5) is 0 Å². The number of sulfone groups is 1. The molecular weight excluding hydrogens is 242 g/mol. The van der Waals surface area contributed by atoms with E-state index in [0.29, 0.717) is 31.2 Å². The van der Waals surface area contributed by atoms with E-state index in [4.69, 9.17) is 10.2 Å². The second-order valence-corrected chi connectivity index (χ2v) is 6.98. The Hall–Kier alpha value is -0.950. The molecule has 1 unspecified atom stereocenters. The molecule has 2 N–H and O–H groups in total. The van der Waals surface area contributed by atoms with Gasteiger partial charge in [-0.25, -0.2) is 8.42 Å². The number of hydrogen-bond acceptors (Lipinski definition) is 6. The fraction of sp³-hybridized carbons (Fsp3) is 0.800. The van der Waals surface area contributed by atoms with E-state index in [1.807, 2.05) is 6.92 Å². The van der Waals surface area contributed by atoms with E-state index in [2.05, 4.69) is 10.2 Å². The molecule has 0 spiro atoms. The number of aryl methyl sites for hydroxylation is 1. The lowest BCUT2D eigenvalue weighted by Crippen LogP contribution is -2.23. The van der Waals surface area contributed by atoms with Crippen molar-refractivity contribution in [1.29, 1.82) is 0 Å². The molecule has 2 rings (SSSR count). The Morgan fingerprint density at radius 1 is 1.47 bits per heavy atom. The molecule has 0 saturated carbocycles. The smallest absolute Gasteiger partial charge is 0.223 e. The first-order chi connectivity index (χ1) is 7.95. The lowest BCUT2D eigenvalue weighted by molar-refractivity contribution is 0.355. The van der Waals surface area contributed by atoms with Crippen molar-refractivity contribution in [3.05, 3.63) is 11.8 Å². The Bertz CT molecular complexity index is 497. The Kier molecular flexibility index (Phi) is 3.22. The van der Waals surface area contributed by atoms with Gasteiger partial charge in [-0.3, -0.25) is 0 Å². The molecule has 1 saturated heterocycles. The van der Waals surface area contributed by atoms with Crippen molar-refractivity contribution in [3.8, 4) is 0 Å². The molecule has 0 bridgehead atoms. The average Bonchev–Trinajstić information content (AvgIpc) is 2.81. The first-order valence-corrected chi connectivity index (χ1v) is 7.51. The van der Waals surface area contributed by atoms with Gasteiger partial charge in [-0.15, -0.1) is 10.2 Å². The molecule has 6 nitrogen and oxygen atoms in total. The zero-order valence-corrected chi connectivity index (χ0v) is 10.7. The van der Waals surface area contributed by atoms with E-state index in [1.165, 1.54) is 0 Å². The van der Waals surface area contributed by atoms with Crippen molar-refractivity contribution < 1.29 is 12.8 Å². The molecule has 1 aliphatic rings. The second-order valence-electron chi connectivity index (χ2n) is 4.80. The van der Waals surface area contributed by atoms with Crippen LogP contribution in [-0.2, 0) is 21.7 Å². The van der Waals surface area contributed by atoms with E-state index < -0.39 is 15.3 Å².